The minimum absolute atomic E-state index is 0.0638. The maximum atomic E-state index is 12.3. The molecule has 0 aliphatic heterocycles. The summed E-state index contributed by atoms with van der Waals surface area (Å²) in [5.41, 5.74) is 6.96. The van der Waals surface area contributed by atoms with E-state index in [1.807, 2.05) is 6.07 Å². The number of nitrogens with two attached hydrogens (primary N) is 1. The quantitative estimate of drug-likeness (QED) is 0.887. The first-order valence-corrected chi connectivity index (χ1v) is 7.57. The summed E-state index contributed by atoms with van der Waals surface area (Å²) in [6.45, 7) is 4.93. The van der Waals surface area contributed by atoms with E-state index < -0.39 is 0 Å². The predicted octanol–water partition coefficient (Wildman–Crippen LogP) is 2.48. The molecule has 2 rings (SSSR count). The predicted molar refractivity (Wildman–Crippen MR) is 80.2 cm³/mol. The number of pyridine rings is 1. The van der Waals surface area contributed by atoms with E-state index in [0.717, 1.165) is 12.0 Å². The van der Waals surface area contributed by atoms with Gasteiger partial charge in [0.25, 0.3) is 5.91 Å². The summed E-state index contributed by atoms with van der Waals surface area (Å²) in [4.78, 5) is 16.5. The summed E-state index contributed by atoms with van der Waals surface area (Å²) in [5.74, 6) is 1.12. The Morgan fingerprint density at radius 3 is 2.75 bits per heavy atom. The van der Waals surface area contributed by atoms with E-state index in [1.54, 1.807) is 12.3 Å². The first-order chi connectivity index (χ1) is 9.61. The zero-order valence-electron chi connectivity index (χ0n) is 12.4. The molecule has 4 heteroatoms. The van der Waals surface area contributed by atoms with Crippen molar-refractivity contribution >= 4 is 5.91 Å². The van der Waals surface area contributed by atoms with Crippen molar-refractivity contribution in [3.8, 4) is 0 Å². The van der Waals surface area contributed by atoms with Crippen LogP contribution in [0.1, 0.15) is 55.6 Å². The minimum Gasteiger partial charge on any atom is -0.348 e. The van der Waals surface area contributed by atoms with Crippen molar-refractivity contribution in [2.24, 2.45) is 17.6 Å². The van der Waals surface area contributed by atoms with Gasteiger partial charge in [0.05, 0.1) is 0 Å². The number of nitrogens with zero attached hydrogens (tertiary/aromatic N) is 1. The molecule has 1 fully saturated rings. The van der Waals surface area contributed by atoms with Crippen LogP contribution in [0.4, 0.5) is 0 Å². The number of hydrogen-bond acceptors (Lipinski definition) is 3. The van der Waals surface area contributed by atoms with Gasteiger partial charge in [-0.15, -0.1) is 0 Å². The Balaban J connectivity index is 2.01. The molecule has 4 nitrogen and oxygen atoms in total. The lowest BCUT2D eigenvalue weighted by atomic mass is 9.78. The van der Waals surface area contributed by atoms with Gasteiger partial charge < -0.3 is 11.1 Å². The minimum atomic E-state index is -0.0638. The van der Waals surface area contributed by atoms with Crippen molar-refractivity contribution in [3.05, 3.63) is 29.6 Å². The fraction of sp³-hybridized carbons (Fsp3) is 0.625. The van der Waals surface area contributed by atoms with Gasteiger partial charge in [-0.2, -0.15) is 0 Å². The van der Waals surface area contributed by atoms with Crippen LogP contribution >= 0.6 is 0 Å². The summed E-state index contributed by atoms with van der Waals surface area (Å²) in [5, 5.41) is 3.17. The highest BCUT2D eigenvalue weighted by molar-refractivity contribution is 5.92. The second-order valence-corrected chi connectivity index (χ2v) is 6.03. The highest BCUT2D eigenvalue weighted by Gasteiger charge is 2.29. The van der Waals surface area contributed by atoms with Crippen LogP contribution < -0.4 is 11.1 Å². The topological polar surface area (TPSA) is 68.0 Å². The smallest absolute Gasteiger partial charge is 0.270 e. The maximum absolute atomic E-state index is 12.3. The van der Waals surface area contributed by atoms with E-state index >= 15 is 0 Å². The molecule has 0 radical (unpaired) electrons. The molecular weight excluding hydrogens is 250 g/mol. The van der Waals surface area contributed by atoms with Gasteiger partial charge >= 0.3 is 0 Å². The average molecular weight is 275 g/mol. The zero-order chi connectivity index (χ0) is 14.5. The lowest BCUT2D eigenvalue weighted by molar-refractivity contribution is 0.0884. The van der Waals surface area contributed by atoms with E-state index in [4.69, 9.17) is 5.73 Å². The summed E-state index contributed by atoms with van der Waals surface area (Å²) in [6.07, 6.45) is 6.44. The molecule has 1 aliphatic rings. The Labute approximate surface area is 121 Å². The van der Waals surface area contributed by atoms with E-state index in [0.29, 0.717) is 24.1 Å². The van der Waals surface area contributed by atoms with Crippen LogP contribution in [-0.2, 0) is 6.54 Å². The number of aromatic nitrogens is 1. The number of carbonyl (C=O) groups is 1. The third-order valence-corrected chi connectivity index (χ3v) is 4.29. The van der Waals surface area contributed by atoms with Crippen LogP contribution in [0.25, 0.3) is 0 Å². The van der Waals surface area contributed by atoms with Crippen molar-refractivity contribution in [3.63, 3.8) is 0 Å². The molecule has 0 saturated heterocycles. The molecule has 0 bridgehead atoms. The highest BCUT2D eigenvalue weighted by atomic mass is 16.1. The molecule has 1 aromatic rings. The van der Waals surface area contributed by atoms with Gasteiger partial charge in [0.2, 0.25) is 0 Å². The molecule has 110 valence electrons. The third-order valence-electron chi connectivity index (χ3n) is 4.29. The van der Waals surface area contributed by atoms with E-state index in [-0.39, 0.29) is 11.9 Å². The average Bonchev–Trinajstić information content (AvgIpc) is 2.47. The molecule has 1 saturated carbocycles. The van der Waals surface area contributed by atoms with Crippen molar-refractivity contribution < 1.29 is 4.79 Å². The lowest BCUT2D eigenvalue weighted by Crippen LogP contribution is -2.44. The van der Waals surface area contributed by atoms with Gasteiger partial charge in [-0.25, -0.2) is 0 Å². The number of carbonyl (C=O) groups excluding carboxylic acids is 1. The Kier molecular flexibility index (Phi) is 5.12. The van der Waals surface area contributed by atoms with Crippen LogP contribution in [0.3, 0.4) is 0 Å². The number of nitrogens with one attached hydrogen (secondary N) is 1. The third kappa shape index (κ3) is 3.57. The molecule has 20 heavy (non-hydrogen) atoms. The van der Waals surface area contributed by atoms with E-state index in [2.05, 4.69) is 24.1 Å². The summed E-state index contributed by atoms with van der Waals surface area (Å²) < 4.78 is 0. The van der Waals surface area contributed by atoms with E-state index in [9.17, 15) is 4.79 Å². The molecule has 2 unspecified atom stereocenters. The van der Waals surface area contributed by atoms with Gasteiger partial charge in [-0.1, -0.05) is 32.8 Å². The van der Waals surface area contributed by atoms with Crippen LogP contribution in [0.2, 0.25) is 0 Å². The maximum Gasteiger partial charge on any atom is 0.270 e. The van der Waals surface area contributed by atoms with Crippen molar-refractivity contribution in [2.75, 3.05) is 0 Å². The van der Waals surface area contributed by atoms with Crippen LogP contribution in [0, 0.1) is 11.8 Å². The highest BCUT2D eigenvalue weighted by Crippen LogP contribution is 2.30. The summed E-state index contributed by atoms with van der Waals surface area (Å²) >= 11 is 0. The lowest BCUT2D eigenvalue weighted by Gasteiger charge is -2.34. The first kappa shape index (κ1) is 15.0. The van der Waals surface area contributed by atoms with Crippen LogP contribution in [0.15, 0.2) is 18.3 Å². The normalized spacial score (nSPS) is 22.8. The molecule has 0 spiro atoms. The fourth-order valence-corrected chi connectivity index (χ4v) is 3.06. The van der Waals surface area contributed by atoms with Crippen molar-refractivity contribution in [2.45, 2.75) is 52.1 Å². The largest absolute Gasteiger partial charge is 0.348 e. The standard InChI is InChI=1S/C16H25N3O/c1-11(2)13-5-3-4-6-14(13)19-16(20)15-8-7-12(9-17)10-18-15/h7-8,10-11,13-14H,3-6,9,17H2,1-2H3,(H,19,20). The van der Waals surface area contributed by atoms with Crippen molar-refractivity contribution in [1.82, 2.24) is 10.3 Å². The molecule has 2 atom stereocenters. The molecule has 3 N–H and O–H groups in total. The molecule has 1 amide bonds. The van der Waals surface area contributed by atoms with Gasteiger partial charge in [0.15, 0.2) is 0 Å². The second-order valence-electron chi connectivity index (χ2n) is 6.03. The number of rotatable bonds is 4. The van der Waals surface area contributed by atoms with Gasteiger partial charge in [0, 0.05) is 18.8 Å². The summed E-state index contributed by atoms with van der Waals surface area (Å²) in [7, 11) is 0. The monoisotopic (exact) mass is 275 g/mol. The molecule has 1 heterocycles. The Hall–Kier alpha value is -1.42. The molecular formula is C16H25N3O. The molecule has 0 aromatic carbocycles. The zero-order valence-corrected chi connectivity index (χ0v) is 12.4. The van der Waals surface area contributed by atoms with Crippen molar-refractivity contribution in [1.29, 1.82) is 0 Å². The Morgan fingerprint density at radius 2 is 2.15 bits per heavy atom. The fourth-order valence-electron chi connectivity index (χ4n) is 3.06. The van der Waals surface area contributed by atoms with Crippen LogP contribution in [-0.4, -0.2) is 16.9 Å². The summed E-state index contributed by atoms with van der Waals surface area (Å²) in [6, 6.07) is 3.90. The first-order valence-electron chi connectivity index (χ1n) is 7.57. The van der Waals surface area contributed by atoms with Gasteiger partial charge in [-0.3, -0.25) is 9.78 Å². The van der Waals surface area contributed by atoms with Gasteiger partial charge in [-0.05, 0) is 36.3 Å². The number of hydrogen-bond donors (Lipinski definition) is 2. The van der Waals surface area contributed by atoms with Crippen LogP contribution in [0.5, 0.6) is 0 Å². The van der Waals surface area contributed by atoms with Gasteiger partial charge in [0.1, 0.15) is 5.69 Å². The molecule has 1 aliphatic carbocycles. The molecule has 1 aromatic heterocycles. The Morgan fingerprint density at radius 1 is 1.40 bits per heavy atom. The second kappa shape index (κ2) is 6.84. The Bertz CT molecular complexity index is 442. The SMILES string of the molecule is CC(C)C1CCCCC1NC(=O)c1ccc(CN)cn1. The number of amides is 1. The van der Waals surface area contributed by atoms with E-state index in [1.165, 1.54) is 19.3 Å².